The molecule has 0 radical (unpaired) electrons. The Labute approximate surface area is 94.4 Å². The van der Waals surface area contributed by atoms with Crippen LogP contribution in [0.4, 0.5) is 4.39 Å². The third-order valence-corrected chi connectivity index (χ3v) is 3.26. The van der Waals surface area contributed by atoms with Crippen LogP contribution in [-0.2, 0) is 15.2 Å². The van der Waals surface area contributed by atoms with Crippen LogP contribution in [0.5, 0.6) is 0 Å². The number of esters is 1. The lowest BCUT2D eigenvalue weighted by Crippen LogP contribution is -2.13. The molecule has 0 spiro atoms. The lowest BCUT2D eigenvalue weighted by Gasteiger charge is -2.07. The highest BCUT2D eigenvalue weighted by Gasteiger charge is 2.69. The van der Waals surface area contributed by atoms with Gasteiger partial charge in [-0.05, 0) is 12.5 Å². The number of hydrogen-bond acceptors (Lipinski definition) is 2. The van der Waals surface area contributed by atoms with Crippen molar-refractivity contribution in [1.82, 2.24) is 0 Å². The van der Waals surface area contributed by atoms with Gasteiger partial charge in [0.25, 0.3) is 0 Å². The van der Waals surface area contributed by atoms with Gasteiger partial charge in [-0.1, -0.05) is 37.3 Å². The van der Waals surface area contributed by atoms with Gasteiger partial charge < -0.3 is 4.74 Å². The Kier molecular flexibility index (Phi) is 2.70. The predicted octanol–water partition coefficient (Wildman–Crippen LogP) is 2.68. The van der Waals surface area contributed by atoms with Crippen LogP contribution in [-0.4, -0.2) is 12.6 Å². The summed E-state index contributed by atoms with van der Waals surface area (Å²) in [4.78, 5) is 11.5. The molecule has 16 heavy (non-hydrogen) atoms. The SMILES string of the molecule is CCOC(=O)[C@H]1[C@H](C)[C@]1(F)c1ccccc1. The minimum Gasteiger partial charge on any atom is -0.466 e. The van der Waals surface area contributed by atoms with Crippen LogP contribution in [0.25, 0.3) is 0 Å². The van der Waals surface area contributed by atoms with Crippen LogP contribution < -0.4 is 0 Å². The van der Waals surface area contributed by atoms with Gasteiger partial charge in [-0.2, -0.15) is 0 Å². The first-order valence-corrected chi connectivity index (χ1v) is 5.53. The van der Waals surface area contributed by atoms with E-state index in [0.717, 1.165) is 0 Å². The third-order valence-electron chi connectivity index (χ3n) is 3.26. The fraction of sp³-hybridized carbons (Fsp3) is 0.462. The van der Waals surface area contributed by atoms with Crippen LogP contribution in [0.2, 0.25) is 0 Å². The smallest absolute Gasteiger partial charge is 0.312 e. The van der Waals surface area contributed by atoms with Crippen molar-refractivity contribution in [3.8, 4) is 0 Å². The molecule has 0 aromatic heterocycles. The molecular weight excluding hydrogens is 207 g/mol. The molecule has 1 saturated carbocycles. The van der Waals surface area contributed by atoms with Gasteiger partial charge >= 0.3 is 5.97 Å². The molecule has 0 unspecified atom stereocenters. The second-order valence-corrected chi connectivity index (χ2v) is 4.15. The lowest BCUT2D eigenvalue weighted by atomic mass is 10.1. The summed E-state index contributed by atoms with van der Waals surface area (Å²) in [6, 6.07) is 8.83. The molecule has 0 amide bonds. The van der Waals surface area contributed by atoms with Crippen molar-refractivity contribution in [2.24, 2.45) is 11.8 Å². The van der Waals surface area contributed by atoms with Crippen LogP contribution in [0.1, 0.15) is 19.4 Å². The van der Waals surface area contributed by atoms with Crippen LogP contribution in [0.3, 0.4) is 0 Å². The quantitative estimate of drug-likeness (QED) is 0.735. The molecule has 1 aromatic carbocycles. The summed E-state index contributed by atoms with van der Waals surface area (Å²) in [5.74, 6) is -1.37. The maximum absolute atomic E-state index is 14.6. The number of carbonyl (C=O) groups is 1. The topological polar surface area (TPSA) is 26.3 Å². The van der Waals surface area contributed by atoms with Gasteiger partial charge in [-0.15, -0.1) is 0 Å². The highest BCUT2D eigenvalue weighted by atomic mass is 19.1. The van der Waals surface area contributed by atoms with Gasteiger partial charge in [-0.3, -0.25) is 4.79 Å². The van der Waals surface area contributed by atoms with Crippen molar-refractivity contribution in [3.63, 3.8) is 0 Å². The molecule has 0 saturated heterocycles. The summed E-state index contributed by atoms with van der Waals surface area (Å²) in [5, 5.41) is 0. The number of halogens is 1. The second-order valence-electron chi connectivity index (χ2n) is 4.15. The molecule has 0 heterocycles. The number of hydrogen-bond donors (Lipinski definition) is 0. The average molecular weight is 222 g/mol. The van der Waals surface area contributed by atoms with Crippen molar-refractivity contribution in [2.45, 2.75) is 19.5 Å². The van der Waals surface area contributed by atoms with Gasteiger partial charge in [0.2, 0.25) is 0 Å². The summed E-state index contributed by atoms with van der Waals surface area (Å²) in [6.45, 7) is 3.77. The predicted molar refractivity (Wildman–Crippen MR) is 58.5 cm³/mol. The van der Waals surface area contributed by atoms with E-state index < -0.39 is 17.6 Å². The molecule has 3 atom stereocenters. The molecule has 1 aliphatic rings. The Morgan fingerprint density at radius 2 is 2.06 bits per heavy atom. The molecule has 1 fully saturated rings. The first kappa shape index (κ1) is 11.1. The summed E-state index contributed by atoms with van der Waals surface area (Å²) in [7, 11) is 0. The Morgan fingerprint density at radius 3 is 2.62 bits per heavy atom. The highest BCUT2D eigenvalue weighted by molar-refractivity contribution is 5.79. The summed E-state index contributed by atoms with van der Waals surface area (Å²) in [5.41, 5.74) is -0.964. The van der Waals surface area contributed by atoms with Crippen molar-refractivity contribution in [2.75, 3.05) is 6.61 Å². The van der Waals surface area contributed by atoms with Crippen molar-refractivity contribution < 1.29 is 13.9 Å². The molecule has 3 heteroatoms. The van der Waals surface area contributed by atoms with E-state index in [-0.39, 0.29) is 5.92 Å². The Bertz CT molecular complexity index is 390. The molecule has 0 N–H and O–H groups in total. The largest absolute Gasteiger partial charge is 0.466 e. The minimum atomic E-state index is -1.53. The standard InChI is InChI=1S/C13H15FO2/c1-3-16-12(15)11-9(2)13(11,14)10-7-5-4-6-8-10/h4-9,11H,3H2,1-2H3/t9-,11+,13-/m0/s1. The zero-order chi connectivity index (χ0) is 11.8. The Morgan fingerprint density at radius 1 is 1.44 bits per heavy atom. The van der Waals surface area contributed by atoms with Crippen molar-refractivity contribution in [3.05, 3.63) is 35.9 Å². The lowest BCUT2D eigenvalue weighted by molar-refractivity contribution is -0.146. The molecule has 2 rings (SSSR count). The maximum Gasteiger partial charge on any atom is 0.312 e. The zero-order valence-corrected chi connectivity index (χ0v) is 9.44. The number of carbonyl (C=O) groups excluding carboxylic acids is 1. The number of benzene rings is 1. The minimum absolute atomic E-state index is 0.297. The molecular formula is C13H15FO2. The number of ether oxygens (including phenoxy) is 1. The first-order valence-electron chi connectivity index (χ1n) is 5.53. The van der Waals surface area contributed by atoms with E-state index >= 15 is 0 Å². The second kappa shape index (κ2) is 3.89. The monoisotopic (exact) mass is 222 g/mol. The molecule has 0 aliphatic heterocycles. The van der Waals surface area contributed by atoms with Crippen molar-refractivity contribution >= 4 is 5.97 Å². The first-order chi connectivity index (χ1) is 7.62. The van der Waals surface area contributed by atoms with E-state index in [1.54, 1.807) is 38.1 Å². The zero-order valence-electron chi connectivity index (χ0n) is 9.44. The normalized spacial score (nSPS) is 32.2. The van der Waals surface area contributed by atoms with Gasteiger partial charge in [0.05, 0.1) is 6.61 Å². The van der Waals surface area contributed by atoms with Gasteiger partial charge in [-0.25, -0.2) is 4.39 Å². The van der Waals surface area contributed by atoms with E-state index in [1.807, 2.05) is 6.07 Å². The molecule has 1 aromatic rings. The van der Waals surface area contributed by atoms with Gasteiger partial charge in [0.15, 0.2) is 5.67 Å². The average Bonchev–Trinajstić information content (AvgIpc) is 2.85. The van der Waals surface area contributed by atoms with E-state index in [0.29, 0.717) is 12.2 Å². The summed E-state index contributed by atoms with van der Waals surface area (Å²) in [6.07, 6.45) is 0. The Balaban J connectivity index is 2.20. The molecule has 2 nitrogen and oxygen atoms in total. The van der Waals surface area contributed by atoms with E-state index in [2.05, 4.69) is 0 Å². The van der Waals surface area contributed by atoms with E-state index in [4.69, 9.17) is 4.74 Å². The van der Waals surface area contributed by atoms with Gasteiger partial charge in [0, 0.05) is 5.92 Å². The third kappa shape index (κ3) is 1.51. The summed E-state index contributed by atoms with van der Waals surface area (Å²) < 4.78 is 19.4. The fourth-order valence-corrected chi connectivity index (χ4v) is 2.26. The van der Waals surface area contributed by atoms with Crippen LogP contribution in [0.15, 0.2) is 30.3 Å². The van der Waals surface area contributed by atoms with Gasteiger partial charge in [0.1, 0.15) is 5.92 Å². The van der Waals surface area contributed by atoms with E-state index in [9.17, 15) is 9.18 Å². The van der Waals surface area contributed by atoms with E-state index in [1.165, 1.54) is 0 Å². The number of rotatable bonds is 3. The Hall–Kier alpha value is -1.38. The molecule has 0 bridgehead atoms. The molecule has 1 aliphatic carbocycles. The van der Waals surface area contributed by atoms with Crippen LogP contribution >= 0.6 is 0 Å². The maximum atomic E-state index is 14.6. The van der Waals surface area contributed by atoms with Crippen molar-refractivity contribution in [1.29, 1.82) is 0 Å². The number of alkyl halides is 1. The van der Waals surface area contributed by atoms with Crippen LogP contribution in [0, 0.1) is 11.8 Å². The highest BCUT2D eigenvalue weighted by Crippen LogP contribution is 2.61. The summed E-state index contributed by atoms with van der Waals surface area (Å²) >= 11 is 0. The fourth-order valence-electron chi connectivity index (χ4n) is 2.26. The molecule has 86 valence electrons.